The van der Waals surface area contributed by atoms with Gasteiger partial charge in [0.2, 0.25) is 0 Å². The molecule has 0 heterocycles. The summed E-state index contributed by atoms with van der Waals surface area (Å²) in [7, 11) is 0. The predicted octanol–water partition coefficient (Wildman–Crippen LogP) is 2.37. The van der Waals surface area contributed by atoms with Crippen molar-refractivity contribution in [2.45, 2.75) is 20.4 Å². The Balaban J connectivity index is 2.41. The van der Waals surface area contributed by atoms with Crippen molar-refractivity contribution in [3.63, 3.8) is 0 Å². The summed E-state index contributed by atoms with van der Waals surface area (Å²) in [5.41, 5.74) is 2.28. The van der Waals surface area contributed by atoms with E-state index < -0.39 is 0 Å². The molecule has 0 aliphatic rings. The Morgan fingerprint density at radius 1 is 1.47 bits per heavy atom. The molecular weight excluding hydrogens is 210 g/mol. The average molecular weight is 228 g/mol. The molecule has 84 valence electrons. The molecule has 0 fully saturated rings. The molecule has 2 nitrogen and oxygen atoms in total. The Morgan fingerprint density at radius 2 is 2.20 bits per heavy atom. The molecule has 0 saturated heterocycles. The second kappa shape index (κ2) is 6.11. The number of halogens is 1. The molecule has 3 heteroatoms. The van der Waals surface area contributed by atoms with Gasteiger partial charge in [-0.2, -0.15) is 0 Å². The maximum absolute atomic E-state index is 8.85. The van der Waals surface area contributed by atoms with E-state index in [0.717, 1.165) is 23.7 Å². The average Bonchev–Trinajstić information content (AvgIpc) is 2.23. The summed E-state index contributed by atoms with van der Waals surface area (Å²) in [6, 6.07) is 6.07. The lowest BCUT2D eigenvalue weighted by Crippen LogP contribution is -2.22. The summed E-state index contributed by atoms with van der Waals surface area (Å²) in [5.74, 6) is 0.297. The van der Waals surface area contributed by atoms with E-state index in [1.165, 1.54) is 5.56 Å². The smallest absolute Gasteiger partial charge is 0.0468 e. The largest absolute Gasteiger partial charge is 0.396 e. The highest BCUT2D eigenvalue weighted by atomic mass is 35.5. The fourth-order valence-corrected chi connectivity index (χ4v) is 1.48. The minimum atomic E-state index is 0.224. The second-order valence-electron chi connectivity index (χ2n) is 4.00. The Bertz CT molecular complexity index is 314. The molecule has 0 amide bonds. The fraction of sp³-hybridized carbons (Fsp3) is 0.500. The summed E-state index contributed by atoms with van der Waals surface area (Å²) in [5, 5.41) is 12.9. The molecule has 1 atom stereocenters. The van der Waals surface area contributed by atoms with Crippen LogP contribution < -0.4 is 5.32 Å². The van der Waals surface area contributed by atoms with E-state index in [-0.39, 0.29) is 6.61 Å². The van der Waals surface area contributed by atoms with Crippen LogP contribution in [-0.2, 0) is 6.54 Å². The Labute approximate surface area is 96.3 Å². The van der Waals surface area contributed by atoms with Crippen molar-refractivity contribution in [2.75, 3.05) is 13.2 Å². The lowest BCUT2D eigenvalue weighted by Gasteiger charge is -2.10. The summed E-state index contributed by atoms with van der Waals surface area (Å²) in [6.07, 6.45) is 0. The number of benzene rings is 1. The van der Waals surface area contributed by atoms with E-state index >= 15 is 0 Å². The molecule has 1 aromatic carbocycles. The van der Waals surface area contributed by atoms with Gasteiger partial charge in [-0.1, -0.05) is 30.7 Å². The van der Waals surface area contributed by atoms with E-state index in [2.05, 4.69) is 11.4 Å². The van der Waals surface area contributed by atoms with E-state index in [9.17, 15) is 0 Å². The van der Waals surface area contributed by atoms with Crippen molar-refractivity contribution in [3.05, 3.63) is 34.3 Å². The topological polar surface area (TPSA) is 32.3 Å². The van der Waals surface area contributed by atoms with Crippen LogP contribution in [-0.4, -0.2) is 18.3 Å². The number of rotatable bonds is 5. The number of aryl methyl sites for hydroxylation is 1. The van der Waals surface area contributed by atoms with Gasteiger partial charge in [0, 0.05) is 24.7 Å². The van der Waals surface area contributed by atoms with Crippen LogP contribution in [0.15, 0.2) is 18.2 Å². The zero-order valence-electron chi connectivity index (χ0n) is 9.26. The minimum Gasteiger partial charge on any atom is -0.396 e. The SMILES string of the molecule is Cc1ccc(CNCC(C)CO)cc1Cl. The Hall–Kier alpha value is -0.570. The van der Waals surface area contributed by atoms with Crippen LogP contribution in [0.3, 0.4) is 0 Å². The van der Waals surface area contributed by atoms with Crippen molar-refractivity contribution in [3.8, 4) is 0 Å². The van der Waals surface area contributed by atoms with Gasteiger partial charge >= 0.3 is 0 Å². The molecule has 0 radical (unpaired) electrons. The van der Waals surface area contributed by atoms with Crippen molar-refractivity contribution in [2.24, 2.45) is 5.92 Å². The Morgan fingerprint density at radius 3 is 2.80 bits per heavy atom. The van der Waals surface area contributed by atoms with Crippen LogP contribution in [0.2, 0.25) is 5.02 Å². The van der Waals surface area contributed by atoms with E-state index in [4.69, 9.17) is 16.7 Å². The first-order valence-corrected chi connectivity index (χ1v) is 5.58. The first-order chi connectivity index (χ1) is 7.13. The molecule has 0 aliphatic heterocycles. The predicted molar refractivity (Wildman–Crippen MR) is 64.1 cm³/mol. The zero-order chi connectivity index (χ0) is 11.3. The van der Waals surface area contributed by atoms with Crippen LogP contribution in [0.5, 0.6) is 0 Å². The van der Waals surface area contributed by atoms with Gasteiger partial charge in [0.1, 0.15) is 0 Å². The van der Waals surface area contributed by atoms with Crippen LogP contribution in [0, 0.1) is 12.8 Å². The van der Waals surface area contributed by atoms with Crippen LogP contribution >= 0.6 is 11.6 Å². The zero-order valence-corrected chi connectivity index (χ0v) is 10.0. The molecule has 0 aliphatic carbocycles. The van der Waals surface area contributed by atoms with Gasteiger partial charge in [-0.15, -0.1) is 0 Å². The van der Waals surface area contributed by atoms with Gasteiger partial charge in [0.05, 0.1) is 0 Å². The van der Waals surface area contributed by atoms with Gasteiger partial charge in [-0.25, -0.2) is 0 Å². The van der Waals surface area contributed by atoms with Crippen molar-refractivity contribution in [1.82, 2.24) is 5.32 Å². The van der Waals surface area contributed by atoms with Crippen molar-refractivity contribution in [1.29, 1.82) is 0 Å². The monoisotopic (exact) mass is 227 g/mol. The van der Waals surface area contributed by atoms with E-state index in [1.807, 2.05) is 26.0 Å². The standard InChI is InChI=1S/C12H18ClNO/c1-9(8-15)6-14-7-11-4-3-10(2)12(13)5-11/h3-5,9,14-15H,6-8H2,1-2H3. The molecular formula is C12H18ClNO. The molecule has 0 bridgehead atoms. The molecule has 1 aromatic rings. The third-order valence-corrected chi connectivity index (χ3v) is 2.78. The summed E-state index contributed by atoms with van der Waals surface area (Å²) in [6.45, 7) is 5.84. The van der Waals surface area contributed by atoms with Gasteiger partial charge in [0.15, 0.2) is 0 Å². The quantitative estimate of drug-likeness (QED) is 0.810. The van der Waals surface area contributed by atoms with Gasteiger partial charge in [0.25, 0.3) is 0 Å². The van der Waals surface area contributed by atoms with Crippen LogP contribution in [0.4, 0.5) is 0 Å². The van der Waals surface area contributed by atoms with Gasteiger partial charge in [-0.3, -0.25) is 0 Å². The van der Waals surface area contributed by atoms with E-state index in [0.29, 0.717) is 5.92 Å². The normalized spacial score (nSPS) is 12.8. The first kappa shape index (κ1) is 12.5. The van der Waals surface area contributed by atoms with Crippen LogP contribution in [0.1, 0.15) is 18.1 Å². The third kappa shape index (κ3) is 4.20. The molecule has 0 saturated carbocycles. The maximum atomic E-state index is 8.85. The van der Waals surface area contributed by atoms with E-state index in [1.54, 1.807) is 0 Å². The lowest BCUT2D eigenvalue weighted by atomic mass is 10.1. The number of hydrogen-bond acceptors (Lipinski definition) is 2. The number of aliphatic hydroxyl groups excluding tert-OH is 1. The maximum Gasteiger partial charge on any atom is 0.0468 e. The molecule has 0 aromatic heterocycles. The highest BCUT2D eigenvalue weighted by molar-refractivity contribution is 6.31. The van der Waals surface area contributed by atoms with Gasteiger partial charge in [-0.05, 0) is 30.0 Å². The number of nitrogens with one attached hydrogen (secondary N) is 1. The molecule has 0 spiro atoms. The summed E-state index contributed by atoms with van der Waals surface area (Å²) in [4.78, 5) is 0. The Kier molecular flexibility index (Phi) is 5.09. The molecule has 1 rings (SSSR count). The van der Waals surface area contributed by atoms with Crippen molar-refractivity contribution >= 4 is 11.6 Å². The minimum absolute atomic E-state index is 0.224. The van der Waals surface area contributed by atoms with Crippen molar-refractivity contribution < 1.29 is 5.11 Å². The molecule has 15 heavy (non-hydrogen) atoms. The van der Waals surface area contributed by atoms with Crippen LogP contribution in [0.25, 0.3) is 0 Å². The molecule has 2 N–H and O–H groups in total. The molecule has 1 unspecified atom stereocenters. The lowest BCUT2D eigenvalue weighted by molar-refractivity contribution is 0.233. The highest BCUT2D eigenvalue weighted by Crippen LogP contribution is 2.16. The second-order valence-corrected chi connectivity index (χ2v) is 4.41. The summed E-state index contributed by atoms with van der Waals surface area (Å²) >= 11 is 6.01. The van der Waals surface area contributed by atoms with Gasteiger partial charge < -0.3 is 10.4 Å². The first-order valence-electron chi connectivity index (χ1n) is 5.20. The number of hydrogen-bond donors (Lipinski definition) is 2. The highest BCUT2D eigenvalue weighted by Gasteiger charge is 2.00. The third-order valence-electron chi connectivity index (χ3n) is 2.37. The number of aliphatic hydroxyl groups is 1. The summed E-state index contributed by atoms with van der Waals surface area (Å²) < 4.78 is 0. The fourth-order valence-electron chi connectivity index (χ4n) is 1.27.